The number of nitrogens with two attached hydrogens (primary N) is 1. The number of rotatable bonds is 8. The summed E-state index contributed by atoms with van der Waals surface area (Å²) in [4.78, 5) is 40.2. The van der Waals surface area contributed by atoms with Gasteiger partial charge in [0.15, 0.2) is 5.96 Å². The van der Waals surface area contributed by atoms with E-state index < -0.39 is 18.1 Å². The van der Waals surface area contributed by atoms with Crippen LogP contribution in [-0.2, 0) is 14.4 Å². The Morgan fingerprint density at radius 2 is 1.90 bits per heavy atom. The summed E-state index contributed by atoms with van der Waals surface area (Å²) >= 11 is 0. The number of aldehydes is 1. The van der Waals surface area contributed by atoms with Crippen LogP contribution in [0.4, 0.5) is 0 Å². The molecule has 0 aromatic rings. The van der Waals surface area contributed by atoms with Crippen molar-refractivity contribution >= 4 is 24.1 Å². The summed E-state index contributed by atoms with van der Waals surface area (Å²) in [7, 11) is 0. The van der Waals surface area contributed by atoms with E-state index in [-0.39, 0.29) is 23.7 Å². The molecule has 168 valence electrons. The van der Waals surface area contributed by atoms with Crippen molar-refractivity contribution in [3.05, 3.63) is 0 Å². The van der Waals surface area contributed by atoms with E-state index in [0.717, 1.165) is 51.5 Å². The molecule has 5 atom stereocenters. The number of hydrogen-bond donors (Lipinski definition) is 5. The molecule has 2 heterocycles. The normalized spacial score (nSPS) is 29.5. The topological polar surface area (TPSA) is 140 Å². The van der Waals surface area contributed by atoms with E-state index >= 15 is 0 Å². The molecular weight excluding hydrogens is 384 g/mol. The molecule has 0 unspecified atom stereocenters. The van der Waals surface area contributed by atoms with Crippen LogP contribution in [0.5, 0.6) is 0 Å². The first-order chi connectivity index (χ1) is 14.5. The number of piperidine rings is 1. The Hall–Kier alpha value is -2.00. The Kier molecular flexibility index (Phi) is 8.21. The highest BCUT2D eigenvalue weighted by Gasteiger charge is 2.44. The molecule has 0 radical (unpaired) electrons. The van der Waals surface area contributed by atoms with Crippen molar-refractivity contribution in [3.8, 4) is 0 Å². The molecule has 30 heavy (non-hydrogen) atoms. The van der Waals surface area contributed by atoms with Gasteiger partial charge in [-0.15, -0.1) is 0 Å². The van der Waals surface area contributed by atoms with Crippen molar-refractivity contribution in [2.45, 2.75) is 75.9 Å². The second kappa shape index (κ2) is 10.9. The number of hydrogen-bond acceptors (Lipinski definition) is 6. The maximum Gasteiger partial charge on any atom is 0.247 e. The van der Waals surface area contributed by atoms with Gasteiger partial charge in [-0.05, 0) is 63.5 Å². The average Bonchev–Trinajstić information content (AvgIpc) is 3.29. The van der Waals surface area contributed by atoms with Gasteiger partial charge in [0.1, 0.15) is 6.29 Å². The number of nitrogens with zero attached hydrogens (tertiary/aromatic N) is 1. The third-order valence-corrected chi connectivity index (χ3v) is 6.86. The number of nitrogens with one attached hydrogen (secondary N) is 4. The SMILES string of the molecule is N=C(N)NCCC[C@@H](C=O)N(C(=O)[C@@H]1CCCN1)C(=O)[C@@H]1NCC[C@H]2CCCC[C@H]21. The van der Waals surface area contributed by atoms with Gasteiger partial charge in [-0.3, -0.25) is 19.9 Å². The van der Waals surface area contributed by atoms with Crippen molar-refractivity contribution in [1.82, 2.24) is 20.9 Å². The minimum atomic E-state index is -0.799. The zero-order chi connectivity index (χ0) is 21.5. The van der Waals surface area contributed by atoms with E-state index in [0.29, 0.717) is 31.7 Å². The third kappa shape index (κ3) is 5.37. The molecule has 0 bridgehead atoms. The molecule has 2 amide bonds. The van der Waals surface area contributed by atoms with Crippen LogP contribution in [0.25, 0.3) is 0 Å². The fraction of sp³-hybridized carbons (Fsp3) is 0.810. The van der Waals surface area contributed by atoms with Crippen LogP contribution < -0.4 is 21.7 Å². The van der Waals surface area contributed by atoms with Gasteiger partial charge in [-0.2, -0.15) is 0 Å². The lowest BCUT2D eigenvalue weighted by Gasteiger charge is -2.43. The van der Waals surface area contributed by atoms with Crippen LogP contribution in [0.2, 0.25) is 0 Å². The number of guanidine groups is 1. The van der Waals surface area contributed by atoms with Gasteiger partial charge in [0, 0.05) is 6.54 Å². The van der Waals surface area contributed by atoms with Gasteiger partial charge in [-0.1, -0.05) is 19.3 Å². The van der Waals surface area contributed by atoms with E-state index in [1.54, 1.807) is 0 Å². The zero-order valence-electron chi connectivity index (χ0n) is 17.7. The largest absolute Gasteiger partial charge is 0.370 e. The fourth-order valence-corrected chi connectivity index (χ4v) is 5.32. The summed E-state index contributed by atoms with van der Waals surface area (Å²) in [5, 5.41) is 16.5. The monoisotopic (exact) mass is 420 g/mol. The number of imide groups is 1. The van der Waals surface area contributed by atoms with Crippen molar-refractivity contribution < 1.29 is 14.4 Å². The molecule has 9 heteroatoms. The summed E-state index contributed by atoms with van der Waals surface area (Å²) in [6, 6.07) is -1.60. The molecule has 2 saturated heterocycles. The highest BCUT2D eigenvalue weighted by molar-refractivity contribution is 6.02. The van der Waals surface area contributed by atoms with Gasteiger partial charge >= 0.3 is 0 Å². The standard InChI is InChI=1S/C21H36N6O3/c22-21(23)26-11-3-6-15(13-28)27(19(29)17-8-4-10-24-17)20(30)18-16-7-2-1-5-14(16)9-12-25-18/h13-18,24-25H,1-12H2,(H4,22,23,26)/t14-,15+,16-,17+,18-/m1/s1. The summed E-state index contributed by atoms with van der Waals surface area (Å²) < 4.78 is 0. The second-order valence-corrected chi connectivity index (χ2v) is 8.81. The smallest absolute Gasteiger partial charge is 0.247 e. The van der Waals surface area contributed by atoms with Crippen LogP contribution in [0.1, 0.15) is 57.8 Å². The van der Waals surface area contributed by atoms with Crippen LogP contribution in [0, 0.1) is 17.2 Å². The lowest BCUT2D eigenvalue weighted by atomic mass is 9.71. The molecule has 3 rings (SSSR count). The molecular formula is C21H36N6O3. The van der Waals surface area contributed by atoms with Gasteiger partial charge in [-0.25, -0.2) is 0 Å². The van der Waals surface area contributed by atoms with E-state index in [9.17, 15) is 14.4 Å². The molecule has 3 aliphatic rings. The molecule has 9 nitrogen and oxygen atoms in total. The van der Waals surface area contributed by atoms with Crippen LogP contribution in [0.3, 0.4) is 0 Å². The summed E-state index contributed by atoms with van der Waals surface area (Å²) in [6.07, 6.45) is 8.70. The first kappa shape index (κ1) is 22.7. The van der Waals surface area contributed by atoms with Crippen molar-refractivity contribution in [2.75, 3.05) is 19.6 Å². The lowest BCUT2D eigenvalue weighted by Crippen LogP contribution is -2.61. The predicted molar refractivity (Wildman–Crippen MR) is 114 cm³/mol. The van der Waals surface area contributed by atoms with Crippen molar-refractivity contribution in [1.29, 1.82) is 5.41 Å². The predicted octanol–water partition coefficient (Wildman–Crippen LogP) is 0.0927. The van der Waals surface area contributed by atoms with Gasteiger partial charge < -0.3 is 26.5 Å². The lowest BCUT2D eigenvalue weighted by molar-refractivity contribution is -0.154. The Morgan fingerprint density at radius 3 is 2.60 bits per heavy atom. The number of carbonyl (C=O) groups excluding carboxylic acids is 3. The van der Waals surface area contributed by atoms with Gasteiger partial charge in [0.05, 0.1) is 18.1 Å². The van der Waals surface area contributed by atoms with Crippen LogP contribution >= 0.6 is 0 Å². The highest BCUT2D eigenvalue weighted by Crippen LogP contribution is 2.37. The molecule has 0 spiro atoms. The molecule has 2 aliphatic heterocycles. The first-order valence-corrected chi connectivity index (χ1v) is 11.4. The molecule has 0 aromatic heterocycles. The zero-order valence-corrected chi connectivity index (χ0v) is 17.7. The first-order valence-electron chi connectivity index (χ1n) is 11.4. The maximum absolute atomic E-state index is 13.7. The van der Waals surface area contributed by atoms with E-state index in [2.05, 4.69) is 16.0 Å². The number of carbonyl (C=O) groups is 3. The minimum Gasteiger partial charge on any atom is -0.370 e. The van der Waals surface area contributed by atoms with Crippen LogP contribution in [-0.4, -0.2) is 66.7 Å². The summed E-state index contributed by atoms with van der Waals surface area (Å²) in [6.45, 7) is 1.94. The third-order valence-electron chi connectivity index (χ3n) is 6.86. The van der Waals surface area contributed by atoms with E-state index in [1.807, 2.05) is 0 Å². The van der Waals surface area contributed by atoms with E-state index in [1.165, 1.54) is 11.3 Å². The second-order valence-electron chi connectivity index (χ2n) is 8.81. The average molecular weight is 421 g/mol. The highest BCUT2D eigenvalue weighted by atomic mass is 16.2. The van der Waals surface area contributed by atoms with Crippen molar-refractivity contribution in [2.24, 2.45) is 17.6 Å². The quantitative estimate of drug-likeness (QED) is 0.123. The molecule has 3 fully saturated rings. The Morgan fingerprint density at radius 1 is 1.10 bits per heavy atom. The molecule has 1 aliphatic carbocycles. The van der Waals surface area contributed by atoms with Crippen LogP contribution in [0.15, 0.2) is 0 Å². The van der Waals surface area contributed by atoms with Crippen molar-refractivity contribution in [3.63, 3.8) is 0 Å². The molecule has 1 saturated carbocycles. The van der Waals surface area contributed by atoms with Gasteiger partial charge in [0.2, 0.25) is 11.8 Å². The Balaban J connectivity index is 1.76. The number of fused-ring (bicyclic) bond motifs is 1. The summed E-state index contributed by atoms with van der Waals surface area (Å²) in [5.74, 6) is 0.0887. The Labute approximate surface area is 178 Å². The molecule has 0 aromatic carbocycles. The fourth-order valence-electron chi connectivity index (χ4n) is 5.32. The van der Waals surface area contributed by atoms with Gasteiger partial charge in [0.25, 0.3) is 0 Å². The minimum absolute atomic E-state index is 0.133. The maximum atomic E-state index is 13.7. The van der Waals surface area contributed by atoms with E-state index in [4.69, 9.17) is 11.1 Å². The Bertz CT molecular complexity index is 634. The molecule has 6 N–H and O–H groups in total. The summed E-state index contributed by atoms with van der Waals surface area (Å²) in [5.41, 5.74) is 5.31. The number of amides is 2.